The van der Waals surface area contributed by atoms with Gasteiger partial charge in [-0.3, -0.25) is 14.4 Å². The second-order valence-electron chi connectivity index (χ2n) is 7.13. The molecule has 2 rings (SSSR count). The summed E-state index contributed by atoms with van der Waals surface area (Å²) >= 11 is 0. The standard InChI is InChI=1S/C18H30N2O5/c1-14(21)20(12-18(23)24)16-5-2-9-19(10-8-16)17(22)7-6-15-4-3-11-25-13-15/h15-16H,2-13H2,1H3,(H,23,24)/t15-,16+/m0/s1. The lowest BCUT2D eigenvalue weighted by atomic mass is 9.96. The molecule has 0 spiro atoms. The molecule has 7 nitrogen and oxygen atoms in total. The molecule has 0 aromatic rings. The minimum atomic E-state index is -0.998. The van der Waals surface area contributed by atoms with Crippen LogP contribution in [0.25, 0.3) is 0 Å². The predicted molar refractivity (Wildman–Crippen MR) is 92.0 cm³/mol. The molecule has 7 heteroatoms. The van der Waals surface area contributed by atoms with Crippen LogP contribution in [0.2, 0.25) is 0 Å². The first-order valence-corrected chi connectivity index (χ1v) is 9.32. The summed E-state index contributed by atoms with van der Waals surface area (Å²) in [6.45, 7) is 4.01. The summed E-state index contributed by atoms with van der Waals surface area (Å²) in [4.78, 5) is 38.5. The molecule has 0 bridgehead atoms. The van der Waals surface area contributed by atoms with Crippen molar-refractivity contribution in [2.24, 2.45) is 5.92 Å². The second-order valence-corrected chi connectivity index (χ2v) is 7.13. The molecular weight excluding hydrogens is 324 g/mol. The average Bonchev–Trinajstić information content (AvgIpc) is 2.84. The van der Waals surface area contributed by atoms with Gasteiger partial charge in [-0.05, 0) is 44.4 Å². The van der Waals surface area contributed by atoms with Crippen molar-refractivity contribution in [3.8, 4) is 0 Å². The summed E-state index contributed by atoms with van der Waals surface area (Å²) < 4.78 is 5.46. The Morgan fingerprint density at radius 3 is 2.60 bits per heavy atom. The highest BCUT2D eigenvalue weighted by molar-refractivity contribution is 5.80. The van der Waals surface area contributed by atoms with Gasteiger partial charge in [0.05, 0.1) is 0 Å². The Balaban J connectivity index is 1.81. The Bertz CT molecular complexity index is 476. The molecule has 2 saturated heterocycles. The molecule has 25 heavy (non-hydrogen) atoms. The molecule has 1 N–H and O–H groups in total. The van der Waals surface area contributed by atoms with Crippen molar-refractivity contribution in [2.45, 2.75) is 57.9 Å². The van der Waals surface area contributed by atoms with Gasteiger partial charge < -0.3 is 19.6 Å². The molecule has 2 amide bonds. The summed E-state index contributed by atoms with van der Waals surface area (Å²) in [5.74, 6) is -0.563. The van der Waals surface area contributed by atoms with Gasteiger partial charge in [0.15, 0.2) is 0 Å². The lowest BCUT2D eigenvalue weighted by Crippen LogP contribution is -2.43. The van der Waals surface area contributed by atoms with E-state index in [2.05, 4.69) is 0 Å². The number of carbonyl (C=O) groups excluding carboxylic acids is 2. The maximum absolute atomic E-state index is 12.5. The van der Waals surface area contributed by atoms with E-state index in [1.165, 1.54) is 11.8 Å². The summed E-state index contributed by atoms with van der Waals surface area (Å²) in [6, 6.07) is -0.0989. The van der Waals surface area contributed by atoms with Crippen molar-refractivity contribution in [3.63, 3.8) is 0 Å². The van der Waals surface area contributed by atoms with Crippen molar-refractivity contribution in [3.05, 3.63) is 0 Å². The Labute approximate surface area is 149 Å². The Hall–Kier alpha value is -1.63. The Kier molecular flexibility index (Phi) is 7.68. The molecule has 0 radical (unpaired) electrons. The van der Waals surface area contributed by atoms with E-state index in [1.807, 2.05) is 4.90 Å². The molecule has 0 aliphatic carbocycles. The number of carboxylic acids is 1. The van der Waals surface area contributed by atoms with E-state index >= 15 is 0 Å². The van der Waals surface area contributed by atoms with Crippen LogP contribution in [0.5, 0.6) is 0 Å². The van der Waals surface area contributed by atoms with Crippen LogP contribution in [-0.4, -0.2) is 71.6 Å². The number of hydrogen-bond donors (Lipinski definition) is 1. The largest absolute Gasteiger partial charge is 0.480 e. The first-order chi connectivity index (χ1) is 12.0. The number of amides is 2. The van der Waals surface area contributed by atoms with E-state index in [0.29, 0.717) is 31.8 Å². The number of aliphatic carboxylic acids is 1. The van der Waals surface area contributed by atoms with Crippen molar-refractivity contribution < 1.29 is 24.2 Å². The highest BCUT2D eigenvalue weighted by Gasteiger charge is 2.27. The maximum Gasteiger partial charge on any atom is 0.323 e. The first-order valence-electron chi connectivity index (χ1n) is 9.32. The number of carbonyl (C=O) groups is 3. The minimum absolute atomic E-state index is 0.0989. The normalized spacial score (nSPS) is 24.4. The van der Waals surface area contributed by atoms with Crippen molar-refractivity contribution in [2.75, 3.05) is 32.8 Å². The van der Waals surface area contributed by atoms with Gasteiger partial charge in [0, 0.05) is 45.7 Å². The van der Waals surface area contributed by atoms with Crippen LogP contribution >= 0.6 is 0 Å². The van der Waals surface area contributed by atoms with E-state index in [4.69, 9.17) is 9.84 Å². The van der Waals surface area contributed by atoms with Crippen LogP contribution in [0.3, 0.4) is 0 Å². The summed E-state index contributed by atoms with van der Waals surface area (Å²) in [5, 5.41) is 9.00. The number of carboxylic acid groups (broad SMARTS) is 1. The third-order valence-corrected chi connectivity index (χ3v) is 5.22. The Morgan fingerprint density at radius 1 is 1.16 bits per heavy atom. The minimum Gasteiger partial charge on any atom is -0.480 e. The molecule has 2 aliphatic rings. The summed E-state index contributed by atoms with van der Waals surface area (Å²) in [6.07, 6.45) is 5.82. The van der Waals surface area contributed by atoms with E-state index in [1.54, 1.807) is 0 Å². The van der Waals surface area contributed by atoms with Crippen LogP contribution in [0, 0.1) is 5.92 Å². The molecule has 2 aliphatic heterocycles. The van der Waals surface area contributed by atoms with Gasteiger partial charge in [-0.25, -0.2) is 0 Å². The van der Waals surface area contributed by atoms with Crippen LogP contribution < -0.4 is 0 Å². The van der Waals surface area contributed by atoms with Crippen molar-refractivity contribution in [1.82, 2.24) is 9.80 Å². The zero-order valence-electron chi connectivity index (χ0n) is 15.1. The second kappa shape index (κ2) is 9.75. The van der Waals surface area contributed by atoms with Gasteiger partial charge in [-0.1, -0.05) is 0 Å². The zero-order valence-corrected chi connectivity index (χ0v) is 15.1. The lowest BCUT2D eigenvalue weighted by Gasteiger charge is -2.29. The van der Waals surface area contributed by atoms with E-state index in [9.17, 15) is 14.4 Å². The van der Waals surface area contributed by atoms with Crippen LogP contribution in [0.15, 0.2) is 0 Å². The molecule has 0 saturated carbocycles. The molecule has 0 unspecified atom stereocenters. The van der Waals surface area contributed by atoms with E-state index in [0.717, 1.165) is 45.3 Å². The van der Waals surface area contributed by atoms with Crippen LogP contribution in [0.4, 0.5) is 0 Å². The molecule has 142 valence electrons. The number of nitrogens with zero attached hydrogens (tertiary/aromatic N) is 2. The van der Waals surface area contributed by atoms with Crippen molar-refractivity contribution in [1.29, 1.82) is 0 Å². The van der Waals surface area contributed by atoms with Gasteiger partial charge in [-0.2, -0.15) is 0 Å². The monoisotopic (exact) mass is 354 g/mol. The molecule has 2 heterocycles. The number of hydrogen-bond acceptors (Lipinski definition) is 4. The van der Waals surface area contributed by atoms with Crippen molar-refractivity contribution >= 4 is 17.8 Å². The number of rotatable bonds is 6. The highest BCUT2D eigenvalue weighted by Crippen LogP contribution is 2.21. The van der Waals surface area contributed by atoms with Gasteiger partial charge in [-0.15, -0.1) is 0 Å². The third kappa shape index (κ3) is 6.30. The number of ether oxygens (including phenoxy) is 1. The fourth-order valence-electron chi connectivity index (χ4n) is 3.80. The summed E-state index contributed by atoms with van der Waals surface area (Å²) in [5.41, 5.74) is 0. The molecule has 2 atom stereocenters. The lowest BCUT2D eigenvalue weighted by molar-refractivity contribution is -0.145. The van der Waals surface area contributed by atoms with E-state index < -0.39 is 5.97 Å². The zero-order chi connectivity index (χ0) is 18.2. The molecule has 0 aromatic heterocycles. The number of likely N-dealkylation sites (tertiary alicyclic amines) is 1. The molecule has 2 fully saturated rings. The van der Waals surface area contributed by atoms with Gasteiger partial charge >= 0.3 is 5.97 Å². The van der Waals surface area contributed by atoms with Crippen LogP contribution in [-0.2, 0) is 19.1 Å². The average molecular weight is 354 g/mol. The molecule has 0 aromatic carbocycles. The van der Waals surface area contributed by atoms with Gasteiger partial charge in [0.1, 0.15) is 6.54 Å². The first kappa shape index (κ1) is 19.7. The quantitative estimate of drug-likeness (QED) is 0.781. The maximum atomic E-state index is 12.5. The van der Waals surface area contributed by atoms with Crippen LogP contribution in [0.1, 0.15) is 51.9 Å². The van der Waals surface area contributed by atoms with E-state index in [-0.39, 0.29) is 24.4 Å². The van der Waals surface area contributed by atoms with Gasteiger partial charge in [0.25, 0.3) is 0 Å². The predicted octanol–water partition coefficient (Wildman–Crippen LogP) is 1.51. The molecular formula is C18H30N2O5. The summed E-state index contributed by atoms with van der Waals surface area (Å²) in [7, 11) is 0. The topological polar surface area (TPSA) is 87.2 Å². The fraction of sp³-hybridized carbons (Fsp3) is 0.833. The third-order valence-electron chi connectivity index (χ3n) is 5.22. The smallest absolute Gasteiger partial charge is 0.323 e. The highest BCUT2D eigenvalue weighted by atomic mass is 16.5. The Morgan fingerprint density at radius 2 is 1.96 bits per heavy atom. The fourth-order valence-corrected chi connectivity index (χ4v) is 3.80. The SMILES string of the molecule is CC(=O)N(CC(=O)O)[C@@H]1CCCN(C(=O)CC[C@@H]2CCCOC2)CC1. The van der Waals surface area contributed by atoms with Gasteiger partial charge in [0.2, 0.25) is 11.8 Å².